The molecule has 0 aliphatic heterocycles. The number of ether oxygens (including phenoxy) is 2. The number of halogens is 3. The Bertz CT molecular complexity index is 873. The molecule has 140 valence electrons. The molecule has 0 radical (unpaired) electrons. The van der Waals surface area contributed by atoms with Crippen molar-refractivity contribution in [3.63, 3.8) is 0 Å². The van der Waals surface area contributed by atoms with Crippen LogP contribution in [0.5, 0.6) is 11.5 Å². The fraction of sp³-hybridized carbons (Fsp3) is 0.143. The maximum Gasteiger partial charge on any atom is 0.148 e. The van der Waals surface area contributed by atoms with Crippen molar-refractivity contribution in [1.82, 2.24) is 0 Å². The first-order chi connectivity index (χ1) is 13.0. The lowest BCUT2D eigenvalue weighted by atomic mass is 10.2. The Morgan fingerprint density at radius 3 is 2.04 bits per heavy atom. The highest BCUT2D eigenvalue weighted by atomic mass is 79.9. The van der Waals surface area contributed by atoms with E-state index in [2.05, 4.69) is 65.2 Å². The quantitative estimate of drug-likeness (QED) is 0.335. The van der Waals surface area contributed by atoms with Gasteiger partial charge in [-0.1, -0.05) is 28.1 Å². The molecule has 0 fully saturated rings. The molecule has 0 aliphatic rings. The molecule has 0 saturated carbocycles. The second-order valence-electron chi connectivity index (χ2n) is 5.89. The third-order valence-electron chi connectivity index (χ3n) is 3.94. The summed E-state index contributed by atoms with van der Waals surface area (Å²) in [5.74, 6) is 1.64. The van der Waals surface area contributed by atoms with E-state index in [0.717, 1.165) is 41.7 Å². The van der Waals surface area contributed by atoms with Crippen molar-refractivity contribution in [1.29, 1.82) is 0 Å². The Morgan fingerprint density at radius 1 is 0.815 bits per heavy atom. The first-order valence-corrected chi connectivity index (χ1v) is 10.7. The molecule has 6 heteroatoms. The predicted octanol–water partition coefficient (Wildman–Crippen LogP) is 7.17. The number of hydrogen-bond donors (Lipinski definition) is 1. The van der Waals surface area contributed by atoms with Crippen LogP contribution in [0.4, 0.5) is 5.69 Å². The maximum atomic E-state index is 5.99. The van der Waals surface area contributed by atoms with Crippen LogP contribution < -0.4 is 14.8 Å². The SMILES string of the molecule is COc1ccc(NCc2cc(Br)c(OCc3ccc(Br)cc3)c(Br)c2)cc1. The molecule has 0 saturated heterocycles. The molecule has 0 amide bonds. The minimum atomic E-state index is 0.508. The summed E-state index contributed by atoms with van der Waals surface area (Å²) in [5.41, 5.74) is 3.29. The van der Waals surface area contributed by atoms with Crippen molar-refractivity contribution in [3.05, 3.63) is 85.2 Å². The van der Waals surface area contributed by atoms with E-state index in [1.165, 1.54) is 0 Å². The molecule has 3 aromatic carbocycles. The molecule has 1 N–H and O–H groups in total. The average Bonchev–Trinajstić information content (AvgIpc) is 2.67. The van der Waals surface area contributed by atoms with E-state index >= 15 is 0 Å². The highest BCUT2D eigenvalue weighted by Crippen LogP contribution is 2.35. The van der Waals surface area contributed by atoms with E-state index in [1.54, 1.807) is 7.11 Å². The van der Waals surface area contributed by atoms with Gasteiger partial charge in [0.05, 0.1) is 16.1 Å². The van der Waals surface area contributed by atoms with Gasteiger partial charge in [0.2, 0.25) is 0 Å². The van der Waals surface area contributed by atoms with Gasteiger partial charge in [0.1, 0.15) is 18.1 Å². The summed E-state index contributed by atoms with van der Waals surface area (Å²) in [4.78, 5) is 0. The number of nitrogens with one attached hydrogen (secondary N) is 1. The van der Waals surface area contributed by atoms with E-state index in [0.29, 0.717) is 13.2 Å². The van der Waals surface area contributed by atoms with E-state index in [9.17, 15) is 0 Å². The molecule has 3 aromatic rings. The van der Waals surface area contributed by atoms with Gasteiger partial charge in [-0.05, 0) is 91.5 Å². The van der Waals surface area contributed by atoms with Crippen LogP contribution in [-0.4, -0.2) is 7.11 Å². The molecular weight excluding hydrogens is 538 g/mol. The molecule has 0 aromatic heterocycles. The number of anilines is 1. The number of rotatable bonds is 7. The van der Waals surface area contributed by atoms with Gasteiger partial charge in [-0.25, -0.2) is 0 Å². The summed E-state index contributed by atoms with van der Waals surface area (Å²) in [6, 6.07) is 20.1. The first-order valence-electron chi connectivity index (χ1n) is 8.28. The van der Waals surface area contributed by atoms with Crippen molar-refractivity contribution >= 4 is 53.5 Å². The lowest BCUT2D eigenvalue weighted by Gasteiger charge is -2.13. The zero-order valence-electron chi connectivity index (χ0n) is 14.6. The number of methoxy groups -OCH3 is 1. The third-order valence-corrected chi connectivity index (χ3v) is 5.65. The van der Waals surface area contributed by atoms with E-state index in [4.69, 9.17) is 9.47 Å². The highest BCUT2D eigenvalue weighted by molar-refractivity contribution is 9.11. The molecule has 3 rings (SSSR count). The Morgan fingerprint density at radius 2 is 1.44 bits per heavy atom. The van der Waals surface area contributed by atoms with Crippen molar-refractivity contribution < 1.29 is 9.47 Å². The van der Waals surface area contributed by atoms with Gasteiger partial charge in [0.25, 0.3) is 0 Å². The van der Waals surface area contributed by atoms with E-state index in [1.807, 2.05) is 48.5 Å². The molecular formula is C21H18Br3NO2. The van der Waals surface area contributed by atoms with Gasteiger partial charge in [-0.2, -0.15) is 0 Å². The fourth-order valence-corrected chi connectivity index (χ4v) is 4.28. The second-order valence-corrected chi connectivity index (χ2v) is 8.51. The van der Waals surface area contributed by atoms with Crippen molar-refractivity contribution in [2.45, 2.75) is 13.2 Å². The zero-order valence-corrected chi connectivity index (χ0v) is 19.4. The summed E-state index contributed by atoms with van der Waals surface area (Å²) < 4.78 is 14.1. The lowest BCUT2D eigenvalue weighted by molar-refractivity contribution is 0.302. The van der Waals surface area contributed by atoms with Crippen LogP contribution in [-0.2, 0) is 13.2 Å². The molecule has 0 bridgehead atoms. The number of benzene rings is 3. The van der Waals surface area contributed by atoms with Crippen LogP contribution in [0.2, 0.25) is 0 Å². The predicted molar refractivity (Wildman–Crippen MR) is 121 cm³/mol. The summed E-state index contributed by atoms with van der Waals surface area (Å²) in [6.07, 6.45) is 0. The monoisotopic (exact) mass is 553 g/mol. The van der Waals surface area contributed by atoms with Crippen molar-refractivity contribution in [2.24, 2.45) is 0 Å². The smallest absolute Gasteiger partial charge is 0.148 e. The lowest BCUT2D eigenvalue weighted by Crippen LogP contribution is -2.01. The Hall–Kier alpha value is -1.50. The van der Waals surface area contributed by atoms with Crippen LogP contribution in [0, 0.1) is 0 Å². The summed E-state index contributed by atoms with van der Waals surface area (Å²) >= 11 is 10.7. The van der Waals surface area contributed by atoms with Crippen LogP contribution >= 0.6 is 47.8 Å². The van der Waals surface area contributed by atoms with Crippen molar-refractivity contribution in [2.75, 3.05) is 12.4 Å². The highest BCUT2D eigenvalue weighted by Gasteiger charge is 2.10. The molecule has 0 heterocycles. The molecule has 0 atom stereocenters. The van der Waals surface area contributed by atoms with Gasteiger partial charge < -0.3 is 14.8 Å². The zero-order chi connectivity index (χ0) is 19.2. The van der Waals surface area contributed by atoms with Gasteiger partial charge in [0.15, 0.2) is 0 Å². The van der Waals surface area contributed by atoms with E-state index < -0.39 is 0 Å². The van der Waals surface area contributed by atoms with Crippen molar-refractivity contribution in [3.8, 4) is 11.5 Å². The molecule has 3 nitrogen and oxygen atoms in total. The molecule has 27 heavy (non-hydrogen) atoms. The Balaban J connectivity index is 1.63. The summed E-state index contributed by atoms with van der Waals surface area (Å²) in [7, 11) is 1.66. The summed E-state index contributed by atoms with van der Waals surface area (Å²) in [5, 5.41) is 3.41. The second kappa shape index (κ2) is 9.62. The Labute approximate surface area is 184 Å². The van der Waals surface area contributed by atoms with Gasteiger partial charge >= 0.3 is 0 Å². The minimum Gasteiger partial charge on any atom is -0.497 e. The standard InChI is InChI=1S/C21H18Br3NO2/c1-26-18-8-6-17(7-9-18)25-12-15-10-19(23)21(20(24)11-15)27-13-14-2-4-16(22)5-3-14/h2-11,25H,12-13H2,1H3. The van der Waals surface area contributed by atoms with Crippen LogP contribution in [0.3, 0.4) is 0 Å². The van der Waals surface area contributed by atoms with Gasteiger partial charge in [-0.3, -0.25) is 0 Å². The van der Waals surface area contributed by atoms with Gasteiger partial charge in [0, 0.05) is 16.7 Å². The fourth-order valence-electron chi connectivity index (χ4n) is 2.50. The third kappa shape index (κ3) is 5.74. The molecule has 0 spiro atoms. The molecule has 0 unspecified atom stereocenters. The van der Waals surface area contributed by atoms with Crippen LogP contribution in [0.1, 0.15) is 11.1 Å². The first kappa shape index (κ1) is 20.2. The topological polar surface area (TPSA) is 30.5 Å². The van der Waals surface area contributed by atoms with Crippen LogP contribution in [0.25, 0.3) is 0 Å². The molecule has 0 aliphatic carbocycles. The largest absolute Gasteiger partial charge is 0.497 e. The van der Waals surface area contributed by atoms with Gasteiger partial charge in [-0.15, -0.1) is 0 Å². The maximum absolute atomic E-state index is 5.99. The summed E-state index contributed by atoms with van der Waals surface area (Å²) in [6.45, 7) is 1.21. The van der Waals surface area contributed by atoms with E-state index in [-0.39, 0.29) is 0 Å². The number of hydrogen-bond acceptors (Lipinski definition) is 3. The normalized spacial score (nSPS) is 10.5. The Kier molecular flexibility index (Phi) is 7.21. The average molecular weight is 556 g/mol. The van der Waals surface area contributed by atoms with Crippen LogP contribution in [0.15, 0.2) is 74.1 Å². The minimum absolute atomic E-state index is 0.508.